The van der Waals surface area contributed by atoms with E-state index in [0.717, 1.165) is 0 Å². The van der Waals surface area contributed by atoms with Crippen LogP contribution in [0.3, 0.4) is 0 Å². The second-order valence-corrected chi connectivity index (χ2v) is 3.46. The van der Waals surface area contributed by atoms with Crippen molar-refractivity contribution in [1.82, 2.24) is 14.4 Å². The van der Waals surface area contributed by atoms with Gasteiger partial charge in [-0.05, 0) is 0 Å². The predicted molar refractivity (Wildman–Crippen MR) is 65.1 cm³/mol. The number of nitrogens with one attached hydrogen (secondary N) is 1. The smallest absolute Gasteiger partial charge is 0.382 e. The van der Waals surface area contributed by atoms with Gasteiger partial charge in [0.25, 0.3) is 0 Å². The zero-order valence-electron chi connectivity index (χ0n) is 10.5. The van der Waals surface area contributed by atoms with E-state index < -0.39 is 12.6 Å². The van der Waals surface area contributed by atoms with E-state index in [1.54, 1.807) is 0 Å². The average molecular weight is 273 g/mol. The van der Waals surface area contributed by atoms with Gasteiger partial charge < -0.3 is 5.73 Å². The minimum Gasteiger partial charge on any atom is -0.382 e. The van der Waals surface area contributed by atoms with E-state index in [-0.39, 0.29) is 17.2 Å². The first kappa shape index (κ1) is 14.9. The molecule has 2 aromatic heterocycles. The van der Waals surface area contributed by atoms with Crippen LogP contribution >= 0.6 is 0 Å². The number of halogens is 3. The molecule has 0 aromatic carbocycles. The summed E-state index contributed by atoms with van der Waals surface area (Å²) >= 11 is 0. The summed E-state index contributed by atoms with van der Waals surface area (Å²) in [6, 6.07) is 0. The number of fused-ring (bicyclic) bond motifs is 1. The van der Waals surface area contributed by atoms with Gasteiger partial charge >= 0.3 is 6.18 Å². The summed E-state index contributed by atoms with van der Waals surface area (Å²) in [5.41, 5.74) is 5.72. The Bertz CT molecular complexity index is 573. The molecule has 0 aliphatic heterocycles. The minimum absolute atomic E-state index is 0.148. The van der Waals surface area contributed by atoms with Crippen LogP contribution in [0.2, 0.25) is 0 Å². The number of nitrogen functional groups attached to an aromatic ring is 1. The van der Waals surface area contributed by atoms with E-state index in [2.05, 4.69) is 9.97 Å². The second-order valence-electron chi connectivity index (χ2n) is 3.46. The maximum atomic E-state index is 12.2. The average Bonchev–Trinajstić information content (AvgIpc) is 2.72. The monoisotopic (exact) mass is 273 g/mol. The Morgan fingerprint density at radius 2 is 1.95 bits per heavy atom. The molecule has 2 heterocycles. The van der Waals surface area contributed by atoms with Gasteiger partial charge in [0.15, 0.2) is 5.65 Å². The molecule has 5 nitrogen and oxygen atoms in total. The molecule has 0 unspecified atom stereocenters. The van der Waals surface area contributed by atoms with Gasteiger partial charge in [0.05, 0.1) is 24.5 Å². The van der Waals surface area contributed by atoms with E-state index >= 15 is 0 Å². The normalized spacial score (nSPS) is 11.0. The van der Waals surface area contributed by atoms with E-state index in [4.69, 9.17) is 11.1 Å². The first-order valence-corrected chi connectivity index (χ1v) is 5.60. The van der Waals surface area contributed by atoms with E-state index in [9.17, 15) is 13.2 Å². The van der Waals surface area contributed by atoms with E-state index in [0.29, 0.717) is 5.65 Å². The highest BCUT2D eigenvalue weighted by Gasteiger charge is 2.28. The van der Waals surface area contributed by atoms with Crippen LogP contribution in [-0.2, 0) is 6.42 Å². The van der Waals surface area contributed by atoms with Crippen molar-refractivity contribution < 1.29 is 13.2 Å². The maximum Gasteiger partial charge on any atom is 0.394 e. The highest BCUT2D eigenvalue weighted by Crippen LogP contribution is 2.20. The van der Waals surface area contributed by atoms with Crippen molar-refractivity contribution in [3.63, 3.8) is 0 Å². The first-order chi connectivity index (χ1) is 8.87. The highest BCUT2D eigenvalue weighted by atomic mass is 19.4. The predicted octanol–water partition coefficient (Wildman–Crippen LogP) is 2.14. The lowest BCUT2D eigenvalue weighted by molar-refractivity contribution is -0.127. The number of hydrogen-bond acceptors (Lipinski definition) is 3. The third kappa shape index (κ3) is 3.67. The van der Waals surface area contributed by atoms with Crippen LogP contribution in [0.5, 0.6) is 0 Å². The van der Waals surface area contributed by atoms with Crippen LogP contribution in [0.25, 0.3) is 5.65 Å². The third-order valence-electron chi connectivity index (χ3n) is 2.11. The number of nitrogens with zero attached hydrogens (tertiary/aromatic N) is 3. The first-order valence-electron chi connectivity index (χ1n) is 5.60. The zero-order valence-corrected chi connectivity index (χ0v) is 10.5. The number of nitrogens with two attached hydrogens (primary N) is 1. The molecular formula is C11H14F3N5. The van der Waals surface area contributed by atoms with Crippen molar-refractivity contribution in [2.24, 2.45) is 5.73 Å². The molecule has 104 valence electrons. The second kappa shape index (κ2) is 5.68. The highest BCUT2D eigenvalue weighted by molar-refractivity contribution is 5.93. The van der Waals surface area contributed by atoms with E-state index in [1.807, 2.05) is 13.8 Å². The molecule has 0 amide bonds. The van der Waals surface area contributed by atoms with Gasteiger partial charge in [0.1, 0.15) is 11.5 Å². The summed E-state index contributed by atoms with van der Waals surface area (Å²) in [5.74, 6) is -0.262. The molecule has 3 N–H and O–H groups in total. The number of alkyl halides is 3. The number of aromatic nitrogens is 3. The Balaban J connectivity index is 0.000000861. The fourth-order valence-corrected chi connectivity index (χ4v) is 1.43. The molecule has 0 fully saturated rings. The largest absolute Gasteiger partial charge is 0.394 e. The van der Waals surface area contributed by atoms with Gasteiger partial charge in [-0.2, -0.15) is 13.2 Å². The van der Waals surface area contributed by atoms with Gasteiger partial charge in [-0.1, -0.05) is 13.8 Å². The fraction of sp³-hybridized carbons (Fsp3) is 0.364. The summed E-state index contributed by atoms with van der Waals surface area (Å²) < 4.78 is 37.9. The van der Waals surface area contributed by atoms with Crippen molar-refractivity contribution in [2.75, 3.05) is 0 Å². The standard InChI is InChI=1S/C9H8F3N5.C2H6/c10-9(11,12)1-5-4-17-6(8(13)14)2-16-7(17)3-15-5;1-2/h2-4H,1H2,(H3,13,14);1-2H3. The molecule has 2 rings (SSSR count). The third-order valence-corrected chi connectivity index (χ3v) is 2.11. The minimum atomic E-state index is -4.32. The summed E-state index contributed by atoms with van der Waals surface area (Å²) in [7, 11) is 0. The molecule has 0 radical (unpaired) electrons. The molecule has 0 saturated carbocycles. The summed E-state index contributed by atoms with van der Waals surface area (Å²) in [6.45, 7) is 4.00. The summed E-state index contributed by atoms with van der Waals surface area (Å²) in [4.78, 5) is 7.53. The number of rotatable bonds is 2. The molecule has 19 heavy (non-hydrogen) atoms. The number of amidine groups is 1. The van der Waals surface area contributed by atoms with Gasteiger partial charge in [-0.3, -0.25) is 14.8 Å². The topological polar surface area (TPSA) is 80.1 Å². The van der Waals surface area contributed by atoms with Crippen LogP contribution in [0.15, 0.2) is 18.6 Å². The fourth-order valence-electron chi connectivity index (χ4n) is 1.43. The Hall–Kier alpha value is -2.12. The van der Waals surface area contributed by atoms with Crippen LogP contribution in [0, 0.1) is 5.41 Å². The Morgan fingerprint density at radius 1 is 1.32 bits per heavy atom. The molecule has 8 heteroatoms. The number of imidazole rings is 1. The molecule has 2 aromatic rings. The van der Waals surface area contributed by atoms with Crippen molar-refractivity contribution in [3.8, 4) is 0 Å². The molecule has 0 aliphatic carbocycles. The molecule has 0 spiro atoms. The summed E-state index contributed by atoms with van der Waals surface area (Å²) in [5, 5.41) is 7.26. The lowest BCUT2D eigenvalue weighted by Gasteiger charge is -2.06. The van der Waals surface area contributed by atoms with Crippen molar-refractivity contribution in [2.45, 2.75) is 26.4 Å². The van der Waals surface area contributed by atoms with Gasteiger partial charge in [0.2, 0.25) is 0 Å². The Labute approximate surface area is 107 Å². The molecular weight excluding hydrogens is 259 g/mol. The SMILES string of the molecule is CC.N=C(N)c1cnc2cnc(CC(F)(F)F)cn12. The van der Waals surface area contributed by atoms with Crippen LogP contribution in [0.1, 0.15) is 25.2 Å². The lowest BCUT2D eigenvalue weighted by atomic mass is 10.3. The maximum absolute atomic E-state index is 12.2. The van der Waals surface area contributed by atoms with Crippen molar-refractivity contribution >= 4 is 11.5 Å². The molecule has 0 atom stereocenters. The van der Waals surface area contributed by atoms with Crippen molar-refractivity contribution in [3.05, 3.63) is 30.0 Å². The molecule has 0 bridgehead atoms. The van der Waals surface area contributed by atoms with Gasteiger partial charge in [-0.25, -0.2) is 4.98 Å². The van der Waals surface area contributed by atoms with Crippen LogP contribution in [-0.4, -0.2) is 26.4 Å². The summed E-state index contributed by atoms with van der Waals surface area (Å²) in [6.07, 6.45) is -1.73. The van der Waals surface area contributed by atoms with E-state index in [1.165, 1.54) is 23.0 Å². The Morgan fingerprint density at radius 3 is 2.47 bits per heavy atom. The molecule has 0 saturated heterocycles. The zero-order chi connectivity index (χ0) is 14.6. The van der Waals surface area contributed by atoms with Gasteiger partial charge in [-0.15, -0.1) is 0 Å². The quantitative estimate of drug-likeness (QED) is 0.650. The van der Waals surface area contributed by atoms with Crippen LogP contribution < -0.4 is 5.73 Å². The van der Waals surface area contributed by atoms with Crippen molar-refractivity contribution in [1.29, 1.82) is 5.41 Å². The Kier molecular flexibility index (Phi) is 4.47. The van der Waals surface area contributed by atoms with Gasteiger partial charge in [0, 0.05) is 6.20 Å². The van der Waals surface area contributed by atoms with Crippen LogP contribution in [0.4, 0.5) is 13.2 Å². The number of hydrogen-bond donors (Lipinski definition) is 2. The molecule has 0 aliphatic rings. The lowest BCUT2D eigenvalue weighted by Crippen LogP contribution is -2.16.